The average Bonchev–Trinajstić information content (AvgIpc) is 4.06. The summed E-state index contributed by atoms with van der Waals surface area (Å²) >= 11 is 4.32. The molecule has 4 aromatic heterocycles. The van der Waals surface area contributed by atoms with Crippen LogP contribution in [0, 0.1) is 3.57 Å². The fourth-order valence-corrected chi connectivity index (χ4v) is 12.5. The van der Waals surface area contributed by atoms with E-state index in [1.165, 1.54) is 47.6 Å². The molecular weight excluding hydrogens is 1050 g/mol. The van der Waals surface area contributed by atoms with Gasteiger partial charge in [-0.25, -0.2) is 29.9 Å². The third kappa shape index (κ3) is 9.75. The molecule has 75 heavy (non-hydrogen) atoms. The average molecular weight is 1110 g/mol. The minimum atomic E-state index is 0.557. The van der Waals surface area contributed by atoms with E-state index >= 15 is 0 Å². The molecule has 0 aliphatic heterocycles. The molecule has 0 atom stereocenters. The van der Waals surface area contributed by atoms with Crippen LogP contribution in [0.3, 0.4) is 0 Å². The van der Waals surface area contributed by atoms with E-state index in [1.807, 2.05) is 47.7 Å². The quantitative estimate of drug-likeness (QED) is 0.0897. The number of halogens is 1. The molecule has 4 heterocycles. The maximum Gasteiger partial charge on any atom is 0.166 e. The highest BCUT2D eigenvalue weighted by atomic mass is 127. The van der Waals surface area contributed by atoms with E-state index in [-0.39, 0.29) is 0 Å². The first kappa shape index (κ1) is 48.5. The van der Waals surface area contributed by atoms with Gasteiger partial charge in [0.1, 0.15) is 0 Å². The first-order valence-corrected chi connectivity index (χ1v) is 28.4. The fraction of sp³-hybridized carbons (Fsp3) is 0.182. The Bertz CT molecular complexity index is 3970. The molecule has 0 saturated carbocycles. The third-order valence-corrected chi connectivity index (χ3v) is 16.1. The van der Waals surface area contributed by atoms with Gasteiger partial charge < -0.3 is 4.57 Å². The van der Waals surface area contributed by atoms with Crippen molar-refractivity contribution < 1.29 is 0 Å². The number of fused-ring (bicyclic) bond motifs is 7. The second-order valence-electron chi connectivity index (χ2n) is 19.6. The molecule has 12 aromatic rings. The Morgan fingerprint density at radius 1 is 0.400 bits per heavy atom. The number of thiophene rings is 1. The molecule has 0 radical (unpaired) electrons. The van der Waals surface area contributed by atoms with Crippen LogP contribution < -0.4 is 0 Å². The van der Waals surface area contributed by atoms with E-state index in [2.05, 4.69) is 187 Å². The number of aryl methyl sites for hydroxylation is 3. The number of benzene rings is 8. The Morgan fingerprint density at radius 2 is 0.907 bits per heavy atom. The molecule has 0 saturated heterocycles. The highest BCUT2D eigenvalue weighted by Gasteiger charge is 2.24. The minimum absolute atomic E-state index is 0.557. The van der Waals surface area contributed by atoms with Gasteiger partial charge in [-0.1, -0.05) is 149 Å². The van der Waals surface area contributed by atoms with Crippen LogP contribution in [0.15, 0.2) is 176 Å². The highest BCUT2D eigenvalue weighted by Crippen LogP contribution is 2.45. The first-order chi connectivity index (χ1) is 36.9. The van der Waals surface area contributed by atoms with E-state index in [9.17, 15) is 0 Å². The van der Waals surface area contributed by atoms with Crippen LogP contribution in [0.1, 0.15) is 76.0 Å². The summed E-state index contributed by atoms with van der Waals surface area (Å²) in [6.45, 7) is 6.77. The maximum atomic E-state index is 5.62. The zero-order valence-electron chi connectivity index (χ0n) is 42.5. The summed E-state index contributed by atoms with van der Waals surface area (Å²) in [5, 5.41) is 4.97. The number of nitrogens with zero attached hydrogens (tertiary/aromatic N) is 7. The van der Waals surface area contributed by atoms with E-state index in [4.69, 9.17) is 29.9 Å². The third-order valence-electron chi connectivity index (χ3n) is 14.2. The lowest BCUT2D eigenvalue weighted by atomic mass is 9.98. The summed E-state index contributed by atoms with van der Waals surface area (Å²) in [5.41, 5.74) is 12.5. The van der Waals surface area contributed by atoms with Gasteiger partial charge in [0, 0.05) is 67.9 Å². The molecule has 7 nitrogen and oxygen atoms in total. The molecule has 0 fully saturated rings. The van der Waals surface area contributed by atoms with Gasteiger partial charge in [0.25, 0.3) is 0 Å². The summed E-state index contributed by atoms with van der Waals surface area (Å²) < 4.78 is 6.12. The lowest BCUT2D eigenvalue weighted by Gasteiger charge is -2.17. The van der Waals surface area contributed by atoms with Crippen LogP contribution >= 0.6 is 33.9 Å². The fourth-order valence-electron chi connectivity index (χ4n) is 10.5. The van der Waals surface area contributed by atoms with Gasteiger partial charge >= 0.3 is 0 Å². The molecule has 0 unspecified atom stereocenters. The normalized spacial score (nSPS) is 11.7. The Hall–Kier alpha value is -7.47. The standard InChI is InChI=1S/C66H56IN7S/c1-4-7-20-42-35-43(21-8-5-2)37-48(36-42)64-71-65(49-38-44(22-9-6-3)39-50(67)40-49)73-66(72-64)54-41-47(63-69-61(45-23-12-10-13-24-45)68-62(70-63)46-25-14-11-15-26-46)31-33-56(54)74-55-29-18-16-28-53(55)59-57(74)34-32-52-51-27-17-19-30-58(51)75-60(52)59/h10-19,23-41H,4-9,20-22H2,1-3H3. The summed E-state index contributed by atoms with van der Waals surface area (Å²) in [5.74, 6) is 3.63. The van der Waals surface area contributed by atoms with Crippen LogP contribution in [0.5, 0.6) is 0 Å². The van der Waals surface area contributed by atoms with Crippen LogP contribution in [-0.4, -0.2) is 34.5 Å². The Labute approximate surface area is 456 Å². The second-order valence-corrected chi connectivity index (χ2v) is 21.9. The highest BCUT2D eigenvalue weighted by molar-refractivity contribution is 14.1. The largest absolute Gasteiger partial charge is 0.308 e. The lowest BCUT2D eigenvalue weighted by Crippen LogP contribution is -2.06. The molecule has 368 valence electrons. The molecule has 0 bridgehead atoms. The summed E-state index contributed by atoms with van der Waals surface area (Å²) in [6, 6.07) is 62.9. The predicted octanol–water partition coefficient (Wildman–Crippen LogP) is 18.2. The van der Waals surface area contributed by atoms with Crippen molar-refractivity contribution >= 4 is 75.9 Å². The van der Waals surface area contributed by atoms with Gasteiger partial charge in [0.15, 0.2) is 34.9 Å². The van der Waals surface area contributed by atoms with E-state index < -0.39 is 0 Å². The zero-order valence-corrected chi connectivity index (χ0v) is 45.5. The van der Waals surface area contributed by atoms with E-state index in [0.717, 1.165) is 111 Å². The second kappa shape index (κ2) is 21.4. The van der Waals surface area contributed by atoms with Crippen LogP contribution in [0.2, 0.25) is 0 Å². The molecule has 0 N–H and O–H groups in total. The van der Waals surface area contributed by atoms with Gasteiger partial charge in [-0.3, -0.25) is 0 Å². The molecule has 0 aliphatic carbocycles. The Balaban J connectivity index is 1.16. The van der Waals surface area contributed by atoms with Crippen molar-refractivity contribution in [2.24, 2.45) is 0 Å². The van der Waals surface area contributed by atoms with Gasteiger partial charge in [-0.05, 0) is 145 Å². The monoisotopic (exact) mass is 1110 g/mol. The number of hydrogen-bond acceptors (Lipinski definition) is 7. The molecule has 0 aliphatic rings. The van der Waals surface area contributed by atoms with Crippen LogP contribution in [0.25, 0.3) is 116 Å². The van der Waals surface area contributed by atoms with Gasteiger partial charge in [-0.2, -0.15) is 0 Å². The lowest BCUT2D eigenvalue weighted by molar-refractivity contribution is 0.780. The number of aromatic nitrogens is 7. The Kier molecular flexibility index (Phi) is 13.8. The predicted molar refractivity (Wildman–Crippen MR) is 322 cm³/mol. The number of unbranched alkanes of at least 4 members (excludes halogenated alkanes) is 3. The van der Waals surface area contributed by atoms with Gasteiger partial charge in [0.05, 0.1) is 16.7 Å². The minimum Gasteiger partial charge on any atom is -0.308 e. The maximum absolute atomic E-state index is 5.62. The van der Waals surface area contributed by atoms with Crippen molar-refractivity contribution in [2.75, 3.05) is 0 Å². The molecule has 8 aromatic carbocycles. The number of para-hydroxylation sites is 1. The summed E-state index contributed by atoms with van der Waals surface area (Å²) in [7, 11) is 0. The summed E-state index contributed by atoms with van der Waals surface area (Å²) in [6.07, 6.45) is 9.69. The van der Waals surface area contributed by atoms with Crippen molar-refractivity contribution in [3.8, 4) is 74.0 Å². The van der Waals surface area contributed by atoms with Crippen molar-refractivity contribution in [2.45, 2.75) is 78.6 Å². The molecule has 0 spiro atoms. The van der Waals surface area contributed by atoms with Crippen molar-refractivity contribution in [1.82, 2.24) is 34.5 Å². The van der Waals surface area contributed by atoms with Crippen molar-refractivity contribution in [3.63, 3.8) is 0 Å². The van der Waals surface area contributed by atoms with Crippen LogP contribution in [0.4, 0.5) is 0 Å². The van der Waals surface area contributed by atoms with E-state index in [0.29, 0.717) is 34.9 Å². The zero-order chi connectivity index (χ0) is 50.8. The van der Waals surface area contributed by atoms with E-state index in [1.54, 1.807) is 0 Å². The van der Waals surface area contributed by atoms with Crippen LogP contribution in [-0.2, 0) is 19.3 Å². The Morgan fingerprint density at radius 3 is 1.52 bits per heavy atom. The topological polar surface area (TPSA) is 82.3 Å². The molecular formula is C66H56IN7S. The summed E-state index contributed by atoms with van der Waals surface area (Å²) in [4.78, 5) is 32.2. The van der Waals surface area contributed by atoms with Gasteiger partial charge in [-0.15, -0.1) is 11.3 Å². The van der Waals surface area contributed by atoms with Crippen molar-refractivity contribution in [3.05, 3.63) is 196 Å². The first-order valence-electron chi connectivity index (χ1n) is 26.5. The SMILES string of the molecule is CCCCc1cc(I)cc(-c2nc(-c3cc(CCCC)cc(CCCC)c3)nc(-c3cc(-c4nc(-c5ccccc5)nc(-c5ccccc5)n4)ccc3-n3c4ccccc4c4c5sc6ccccc6c5ccc43)n2)c1. The molecule has 0 amide bonds. The van der Waals surface area contributed by atoms with Crippen molar-refractivity contribution in [1.29, 1.82) is 0 Å². The molecule has 9 heteroatoms. The van der Waals surface area contributed by atoms with Gasteiger partial charge in [0.2, 0.25) is 0 Å². The molecule has 12 rings (SSSR count). The smallest absolute Gasteiger partial charge is 0.166 e. The number of rotatable bonds is 16. The number of hydrogen-bond donors (Lipinski definition) is 0.